The van der Waals surface area contributed by atoms with Gasteiger partial charge >= 0.3 is 0 Å². The Morgan fingerprint density at radius 3 is 2.47 bits per heavy atom. The molecule has 2 aromatic carbocycles. The molecular weight excluding hydrogens is 239 g/mol. The zero-order chi connectivity index (χ0) is 13.1. The summed E-state index contributed by atoms with van der Waals surface area (Å²) in [6.07, 6.45) is 0. The summed E-state index contributed by atoms with van der Waals surface area (Å²) in [6.45, 7) is 2.81. The van der Waals surface area contributed by atoms with Gasteiger partial charge in [0.15, 0.2) is 0 Å². The van der Waals surface area contributed by atoms with E-state index in [9.17, 15) is 4.39 Å². The molecular formula is C16H17FN2. The number of anilines is 1. The minimum atomic E-state index is -0.182. The Morgan fingerprint density at radius 1 is 1.00 bits per heavy atom. The van der Waals surface area contributed by atoms with Crippen LogP contribution in [0.5, 0.6) is 0 Å². The Bertz CT molecular complexity index is 524. The van der Waals surface area contributed by atoms with Gasteiger partial charge in [-0.3, -0.25) is 0 Å². The van der Waals surface area contributed by atoms with E-state index in [1.807, 2.05) is 18.2 Å². The van der Waals surface area contributed by atoms with E-state index in [-0.39, 0.29) is 5.82 Å². The maximum atomic E-state index is 13.0. The lowest BCUT2D eigenvalue weighted by atomic mass is 10.0. The molecule has 3 heteroatoms. The van der Waals surface area contributed by atoms with Crippen LogP contribution in [0.3, 0.4) is 0 Å². The number of benzene rings is 2. The smallest absolute Gasteiger partial charge is 0.123 e. The number of rotatable bonds is 2. The molecule has 2 aromatic rings. The predicted molar refractivity (Wildman–Crippen MR) is 75.8 cm³/mol. The molecule has 0 saturated carbocycles. The van der Waals surface area contributed by atoms with Gasteiger partial charge < -0.3 is 10.2 Å². The molecule has 0 amide bonds. The van der Waals surface area contributed by atoms with Crippen LogP contribution >= 0.6 is 0 Å². The van der Waals surface area contributed by atoms with E-state index in [1.165, 1.54) is 17.7 Å². The largest absolute Gasteiger partial charge is 0.368 e. The zero-order valence-electron chi connectivity index (χ0n) is 10.7. The number of piperazine rings is 1. The molecule has 1 heterocycles. The van der Waals surface area contributed by atoms with Crippen molar-refractivity contribution in [1.29, 1.82) is 0 Å². The predicted octanol–water partition coefficient (Wildman–Crippen LogP) is 2.98. The average Bonchev–Trinajstić information content (AvgIpc) is 2.49. The second-order valence-corrected chi connectivity index (χ2v) is 4.84. The van der Waals surface area contributed by atoms with Crippen molar-refractivity contribution >= 4 is 5.69 Å². The van der Waals surface area contributed by atoms with Crippen molar-refractivity contribution in [2.75, 3.05) is 24.5 Å². The van der Waals surface area contributed by atoms with Crippen molar-refractivity contribution in [2.45, 2.75) is 6.04 Å². The molecule has 0 bridgehead atoms. The van der Waals surface area contributed by atoms with Crippen molar-refractivity contribution in [2.24, 2.45) is 0 Å². The molecule has 1 fully saturated rings. The number of hydrogen-bond donors (Lipinski definition) is 1. The standard InChI is InChI=1S/C16H17FN2/c17-14-6-8-15(9-7-14)19-11-10-18-16(12-19)13-4-2-1-3-5-13/h1-9,16,18H,10-12H2. The third-order valence-corrected chi connectivity index (χ3v) is 3.57. The van der Waals surface area contributed by atoms with Gasteiger partial charge in [0.1, 0.15) is 5.82 Å². The quantitative estimate of drug-likeness (QED) is 0.888. The zero-order valence-corrected chi connectivity index (χ0v) is 10.7. The summed E-state index contributed by atoms with van der Waals surface area (Å²) in [5, 5.41) is 3.53. The molecule has 98 valence electrons. The van der Waals surface area contributed by atoms with Crippen LogP contribution in [0.15, 0.2) is 54.6 Å². The van der Waals surface area contributed by atoms with Crippen LogP contribution in [0, 0.1) is 5.82 Å². The van der Waals surface area contributed by atoms with Gasteiger partial charge in [-0.05, 0) is 29.8 Å². The highest BCUT2D eigenvalue weighted by molar-refractivity contribution is 5.47. The van der Waals surface area contributed by atoms with Crippen LogP contribution in [0.1, 0.15) is 11.6 Å². The van der Waals surface area contributed by atoms with E-state index in [0.29, 0.717) is 6.04 Å². The van der Waals surface area contributed by atoms with Crippen LogP contribution in [0.4, 0.5) is 10.1 Å². The lowest BCUT2D eigenvalue weighted by Crippen LogP contribution is -2.45. The van der Waals surface area contributed by atoms with Gasteiger partial charge in [-0.1, -0.05) is 30.3 Å². The highest BCUT2D eigenvalue weighted by atomic mass is 19.1. The highest BCUT2D eigenvalue weighted by Crippen LogP contribution is 2.22. The van der Waals surface area contributed by atoms with E-state index >= 15 is 0 Å². The average molecular weight is 256 g/mol. The minimum absolute atomic E-state index is 0.182. The summed E-state index contributed by atoms with van der Waals surface area (Å²) in [4.78, 5) is 2.30. The summed E-state index contributed by atoms with van der Waals surface area (Å²) in [5.41, 5.74) is 2.39. The van der Waals surface area contributed by atoms with Crippen LogP contribution in [-0.2, 0) is 0 Å². The van der Waals surface area contributed by atoms with Crippen LogP contribution in [0.25, 0.3) is 0 Å². The van der Waals surface area contributed by atoms with Gasteiger partial charge in [0, 0.05) is 31.4 Å². The molecule has 3 rings (SSSR count). The Hall–Kier alpha value is -1.87. The number of nitrogens with zero attached hydrogens (tertiary/aromatic N) is 1. The third-order valence-electron chi connectivity index (χ3n) is 3.57. The van der Waals surface area contributed by atoms with Crippen molar-refractivity contribution in [3.8, 4) is 0 Å². The minimum Gasteiger partial charge on any atom is -0.368 e. The maximum Gasteiger partial charge on any atom is 0.123 e. The van der Waals surface area contributed by atoms with Crippen molar-refractivity contribution in [1.82, 2.24) is 5.32 Å². The highest BCUT2D eigenvalue weighted by Gasteiger charge is 2.20. The second-order valence-electron chi connectivity index (χ2n) is 4.84. The van der Waals surface area contributed by atoms with E-state index < -0.39 is 0 Å². The fourth-order valence-electron chi connectivity index (χ4n) is 2.54. The summed E-state index contributed by atoms with van der Waals surface area (Å²) in [7, 11) is 0. The Kier molecular flexibility index (Phi) is 3.47. The maximum absolute atomic E-state index is 13.0. The molecule has 1 unspecified atom stereocenters. The molecule has 0 radical (unpaired) electrons. The monoisotopic (exact) mass is 256 g/mol. The van der Waals surface area contributed by atoms with E-state index in [1.54, 1.807) is 0 Å². The van der Waals surface area contributed by atoms with Crippen molar-refractivity contribution in [3.05, 3.63) is 66.0 Å². The second kappa shape index (κ2) is 5.41. The topological polar surface area (TPSA) is 15.3 Å². The summed E-state index contributed by atoms with van der Waals surface area (Å²) < 4.78 is 13.0. The molecule has 0 aromatic heterocycles. The Balaban J connectivity index is 1.76. The molecule has 2 nitrogen and oxygen atoms in total. The molecule has 0 spiro atoms. The van der Waals surface area contributed by atoms with Crippen LogP contribution in [0.2, 0.25) is 0 Å². The first-order chi connectivity index (χ1) is 9.33. The van der Waals surface area contributed by atoms with E-state index in [2.05, 4.69) is 34.5 Å². The van der Waals surface area contributed by atoms with Crippen LogP contribution < -0.4 is 10.2 Å². The van der Waals surface area contributed by atoms with Crippen LogP contribution in [-0.4, -0.2) is 19.6 Å². The van der Waals surface area contributed by atoms with Gasteiger partial charge in [-0.2, -0.15) is 0 Å². The summed E-state index contributed by atoms with van der Waals surface area (Å²) in [5.74, 6) is -0.182. The van der Waals surface area contributed by atoms with Crippen molar-refractivity contribution in [3.63, 3.8) is 0 Å². The van der Waals surface area contributed by atoms with Gasteiger partial charge in [-0.25, -0.2) is 4.39 Å². The number of hydrogen-bond acceptors (Lipinski definition) is 2. The summed E-state index contributed by atoms with van der Waals surface area (Å²) >= 11 is 0. The normalized spacial score (nSPS) is 19.4. The summed E-state index contributed by atoms with van der Waals surface area (Å²) in [6, 6.07) is 17.5. The lowest BCUT2D eigenvalue weighted by Gasteiger charge is -2.35. The van der Waals surface area contributed by atoms with E-state index in [4.69, 9.17) is 0 Å². The first-order valence-electron chi connectivity index (χ1n) is 6.62. The molecule has 1 aliphatic rings. The molecule has 1 atom stereocenters. The lowest BCUT2D eigenvalue weighted by molar-refractivity contribution is 0.472. The Labute approximate surface area is 112 Å². The van der Waals surface area contributed by atoms with Gasteiger partial charge in [0.05, 0.1) is 0 Å². The SMILES string of the molecule is Fc1ccc(N2CCNC(c3ccccc3)C2)cc1. The molecule has 1 saturated heterocycles. The first-order valence-corrected chi connectivity index (χ1v) is 6.62. The fourth-order valence-corrected chi connectivity index (χ4v) is 2.54. The molecule has 19 heavy (non-hydrogen) atoms. The molecule has 0 aliphatic carbocycles. The third kappa shape index (κ3) is 2.76. The number of nitrogens with one attached hydrogen (secondary N) is 1. The first kappa shape index (κ1) is 12.2. The van der Waals surface area contributed by atoms with Gasteiger partial charge in [0.2, 0.25) is 0 Å². The molecule has 1 aliphatic heterocycles. The fraction of sp³-hybridized carbons (Fsp3) is 0.250. The number of halogens is 1. The van der Waals surface area contributed by atoms with Crippen molar-refractivity contribution < 1.29 is 4.39 Å². The van der Waals surface area contributed by atoms with Gasteiger partial charge in [0.25, 0.3) is 0 Å². The van der Waals surface area contributed by atoms with Gasteiger partial charge in [-0.15, -0.1) is 0 Å². The Morgan fingerprint density at radius 2 is 1.74 bits per heavy atom. The molecule has 1 N–H and O–H groups in total. The van der Waals surface area contributed by atoms with E-state index in [0.717, 1.165) is 25.3 Å².